The molecule has 1 aliphatic carbocycles. The summed E-state index contributed by atoms with van der Waals surface area (Å²) in [5.41, 5.74) is -3.33. The number of nitrogens with one attached hydrogen (secondary N) is 1. The molecule has 3 rings (SSSR count). The number of rotatable bonds is 3. The van der Waals surface area contributed by atoms with Crippen LogP contribution < -0.4 is 5.56 Å². The first-order valence-corrected chi connectivity index (χ1v) is 7.25. The highest BCUT2D eigenvalue weighted by Crippen LogP contribution is 2.68. The number of halogens is 1. The van der Waals surface area contributed by atoms with Crippen molar-refractivity contribution in [2.24, 2.45) is 10.8 Å². The second-order valence-corrected chi connectivity index (χ2v) is 6.19. The Kier molecular flexibility index (Phi) is 4.58. The highest BCUT2D eigenvalue weighted by Gasteiger charge is 2.81. The first kappa shape index (κ1) is 18.5. The third kappa shape index (κ3) is 2.74. The molecule has 1 saturated carbocycles. The van der Waals surface area contributed by atoms with Crippen LogP contribution in [0.15, 0.2) is 17.1 Å². The average Bonchev–Trinajstić information content (AvgIpc) is 3.09. The lowest BCUT2D eigenvalue weighted by molar-refractivity contribution is -0.151. The summed E-state index contributed by atoms with van der Waals surface area (Å²) >= 11 is 5.65. The fraction of sp³-hybridized carbons (Fsp3) is 0.357. The standard InChI is InChI=1S/C13H11ClN2O6.CH2O2/c14-7-1-6(2-15-8(7)17)9(18)16-4-12(10(19)20)3-13(12,5-16)11(21)22;2-1-3/h1-2H,3-5H2,(H,15,17)(H,19,20)(H,21,22);1H,(H,2,3)/t12-,13+;. The number of pyridine rings is 1. The van der Waals surface area contributed by atoms with Crippen LogP contribution in [0.4, 0.5) is 0 Å². The number of carboxylic acids is 2. The van der Waals surface area contributed by atoms with Gasteiger partial charge in [0.15, 0.2) is 0 Å². The molecule has 0 spiro atoms. The second kappa shape index (κ2) is 6.20. The Morgan fingerprint density at radius 1 is 1.20 bits per heavy atom. The number of carboxylic acid groups (broad SMARTS) is 3. The number of H-pyrrole nitrogens is 1. The van der Waals surface area contributed by atoms with Crippen LogP contribution >= 0.6 is 11.6 Å². The van der Waals surface area contributed by atoms with Gasteiger partial charge in [-0.2, -0.15) is 0 Å². The normalized spacial score (nSPS) is 26.0. The molecular weight excluding hydrogens is 360 g/mol. The van der Waals surface area contributed by atoms with Crippen LogP contribution in [0.25, 0.3) is 0 Å². The van der Waals surface area contributed by atoms with Crippen LogP contribution in [-0.4, -0.2) is 62.6 Å². The highest BCUT2D eigenvalue weighted by molar-refractivity contribution is 6.30. The van der Waals surface area contributed by atoms with Crippen LogP contribution in [0.2, 0.25) is 5.02 Å². The highest BCUT2D eigenvalue weighted by atomic mass is 35.5. The number of likely N-dealkylation sites (tertiary alicyclic amines) is 1. The fourth-order valence-electron chi connectivity index (χ4n) is 3.19. The van der Waals surface area contributed by atoms with Crippen molar-refractivity contribution in [3.05, 3.63) is 33.2 Å². The number of fused-ring (bicyclic) bond motifs is 1. The van der Waals surface area contributed by atoms with Crippen LogP contribution in [0.1, 0.15) is 16.8 Å². The Morgan fingerprint density at radius 2 is 1.68 bits per heavy atom. The lowest BCUT2D eigenvalue weighted by Crippen LogP contribution is -2.34. The largest absolute Gasteiger partial charge is 0.483 e. The molecule has 134 valence electrons. The number of hydrogen-bond donors (Lipinski definition) is 4. The minimum Gasteiger partial charge on any atom is -0.483 e. The average molecular weight is 373 g/mol. The molecule has 2 fully saturated rings. The van der Waals surface area contributed by atoms with E-state index in [0.717, 1.165) is 0 Å². The smallest absolute Gasteiger partial charge is 0.312 e. The fourth-order valence-corrected chi connectivity index (χ4v) is 3.37. The minimum absolute atomic E-state index is 0.0147. The number of piperidine rings is 1. The van der Waals surface area contributed by atoms with Gasteiger partial charge in [0.1, 0.15) is 15.9 Å². The van der Waals surface area contributed by atoms with E-state index in [9.17, 15) is 29.4 Å². The molecular formula is C14H13ClN2O8. The maximum absolute atomic E-state index is 12.4. The lowest BCUT2D eigenvalue weighted by Gasteiger charge is -2.20. The molecule has 11 heteroatoms. The second-order valence-electron chi connectivity index (χ2n) is 5.78. The summed E-state index contributed by atoms with van der Waals surface area (Å²) in [5.74, 6) is -3.00. The van der Waals surface area contributed by atoms with Crippen molar-refractivity contribution < 1.29 is 34.5 Å². The first-order valence-electron chi connectivity index (χ1n) is 6.87. The van der Waals surface area contributed by atoms with Gasteiger partial charge < -0.3 is 25.2 Å². The molecule has 10 nitrogen and oxygen atoms in total. The Labute approximate surface area is 144 Å². The summed E-state index contributed by atoms with van der Waals surface area (Å²) in [5, 5.41) is 25.3. The molecule has 1 aromatic rings. The van der Waals surface area contributed by atoms with E-state index in [1.54, 1.807) is 0 Å². The molecule has 0 bridgehead atoms. The zero-order valence-electron chi connectivity index (χ0n) is 12.6. The van der Waals surface area contributed by atoms with Crippen molar-refractivity contribution in [2.75, 3.05) is 13.1 Å². The lowest BCUT2D eigenvalue weighted by atomic mass is 9.97. The van der Waals surface area contributed by atoms with E-state index >= 15 is 0 Å². The third-order valence-electron chi connectivity index (χ3n) is 4.53. The molecule has 25 heavy (non-hydrogen) atoms. The van der Waals surface area contributed by atoms with Crippen LogP contribution in [0.5, 0.6) is 0 Å². The summed E-state index contributed by atoms with van der Waals surface area (Å²) in [6.45, 7) is -0.603. The molecule has 0 aromatic carbocycles. The molecule has 1 aliphatic heterocycles. The van der Waals surface area contributed by atoms with E-state index in [0.29, 0.717) is 0 Å². The molecule has 1 amide bonds. The van der Waals surface area contributed by atoms with Gasteiger partial charge in [0.05, 0.1) is 5.56 Å². The zero-order valence-corrected chi connectivity index (χ0v) is 13.3. The molecule has 0 radical (unpaired) electrons. The monoisotopic (exact) mass is 372 g/mol. The number of carbonyl (C=O) groups is 4. The van der Waals surface area contributed by atoms with Crippen molar-refractivity contribution in [3.63, 3.8) is 0 Å². The number of hydrogen-bond acceptors (Lipinski definition) is 5. The van der Waals surface area contributed by atoms with Gasteiger partial charge in [-0.3, -0.25) is 24.0 Å². The minimum atomic E-state index is -1.43. The molecule has 0 unspecified atom stereocenters. The van der Waals surface area contributed by atoms with E-state index in [1.165, 1.54) is 17.2 Å². The number of aliphatic carboxylic acids is 2. The number of carbonyl (C=O) groups excluding carboxylic acids is 1. The van der Waals surface area contributed by atoms with Crippen LogP contribution in [0.3, 0.4) is 0 Å². The van der Waals surface area contributed by atoms with Crippen molar-refractivity contribution in [3.8, 4) is 0 Å². The van der Waals surface area contributed by atoms with Gasteiger partial charge in [0, 0.05) is 19.3 Å². The SMILES string of the molecule is O=C(c1c[nH]c(=O)c(Cl)c1)N1C[C@@]2(C(=O)O)C[C@@]2(C(=O)O)C1.O=CO. The maximum Gasteiger partial charge on any atom is 0.312 e. The number of amides is 1. The number of aromatic amines is 1. The molecule has 4 N–H and O–H groups in total. The predicted octanol–water partition coefficient (Wildman–Crippen LogP) is -0.269. The van der Waals surface area contributed by atoms with Crippen molar-refractivity contribution >= 4 is 35.9 Å². The molecule has 1 saturated heterocycles. The van der Waals surface area contributed by atoms with Crippen molar-refractivity contribution in [2.45, 2.75) is 6.42 Å². The summed E-state index contributed by atoms with van der Waals surface area (Å²) in [6.07, 6.45) is 1.18. The van der Waals surface area contributed by atoms with Crippen molar-refractivity contribution in [1.29, 1.82) is 0 Å². The van der Waals surface area contributed by atoms with Gasteiger partial charge in [-0.05, 0) is 12.5 Å². The third-order valence-corrected chi connectivity index (χ3v) is 4.81. The Hall–Kier alpha value is -2.88. The summed E-state index contributed by atoms with van der Waals surface area (Å²) in [7, 11) is 0. The van der Waals surface area contributed by atoms with E-state index in [-0.39, 0.29) is 36.6 Å². The van der Waals surface area contributed by atoms with Gasteiger partial charge in [0.2, 0.25) is 0 Å². The van der Waals surface area contributed by atoms with Gasteiger partial charge in [-0.25, -0.2) is 0 Å². The molecule has 2 aliphatic rings. The number of nitrogens with zero attached hydrogens (tertiary/aromatic N) is 1. The number of aromatic nitrogens is 1. The summed E-state index contributed by atoms with van der Waals surface area (Å²) in [6, 6.07) is 1.17. The van der Waals surface area contributed by atoms with Crippen molar-refractivity contribution in [1.82, 2.24) is 9.88 Å². The Morgan fingerprint density at radius 3 is 2.08 bits per heavy atom. The summed E-state index contributed by atoms with van der Waals surface area (Å²) in [4.78, 5) is 58.2. The molecule has 2 heterocycles. The van der Waals surface area contributed by atoms with Crippen LogP contribution in [0, 0.1) is 10.8 Å². The van der Waals surface area contributed by atoms with Gasteiger partial charge >= 0.3 is 11.9 Å². The first-order chi connectivity index (χ1) is 11.6. The van der Waals surface area contributed by atoms with Crippen LogP contribution in [-0.2, 0) is 14.4 Å². The maximum atomic E-state index is 12.4. The molecule has 2 atom stereocenters. The zero-order chi connectivity index (χ0) is 19.0. The van der Waals surface area contributed by atoms with E-state index in [1.807, 2.05) is 0 Å². The van der Waals surface area contributed by atoms with Gasteiger partial charge in [-0.1, -0.05) is 11.6 Å². The quantitative estimate of drug-likeness (QED) is 0.526. The Bertz CT molecular complexity index is 793. The molecule has 1 aromatic heterocycles. The van der Waals surface area contributed by atoms with Gasteiger partial charge in [-0.15, -0.1) is 0 Å². The Balaban J connectivity index is 0.000000701. The summed E-state index contributed by atoms with van der Waals surface area (Å²) < 4.78 is 0. The predicted molar refractivity (Wildman–Crippen MR) is 81.4 cm³/mol. The van der Waals surface area contributed by atoms with E-state index in [2.05, 4.69) is 4.98 Å². The van der Waals surface area contributed by atoms with Gasteiger partial charge in [0.25, 0.3) is 17.9 Å². The topological polar surface area (TPSA) is 165 Å². The van der Waals surface area contributed by atoms with E-state index in [4.69, 9.17) is 21.5 Å². The van der Waals surface area contributed by atoms with E-state index < -0.39 is 34.2 Å².